The number of nitrogens with zero attached hydrogens (tertiary/aromatic N) is 1. The molecule has 126 valence electrons. The third-order valence-electron chi connectivity index (χ3n) is 3.69. The van der Waals surface area contributed by atoms with Crippen molar-refractivity contribution in [1.29, 1.82) is 0 Å². The quantitative estimate of drug-likeness (QED) is 0.920. The fourth-order valence-electron chi connectivity index (χ4n) is 2.52. The summed E-state index contributed by atoms with van der Waals surface area (Å²) < 4.78 is 53.4. The van der Waals surface area contributed by atoms with Crippen LogP contribution in [0.1, 0.15) is 12.8 Å². The molecule has 0 bridgehead atoms. The molecule has 2 aromatic rings. The zero-order valence-corrected chi connectivity index (χ0v) is 13.3. The van der Waals surface area contributed by atoms with E-state index in [1.165, 1.54) is 12.1 Å². The van der Waals surface area contributed by atoms with Gasteiger partial charge >= 0.3 is 0 Å². The molecule has 1 fully saturated rings. The Hall–Kier alpha value is -2.48. The van der Waals surface area contributed by atoms with Crippen molar-refractivity contribution in [1.82, 2.24) is 0 Å². The van der Waals surface area contributed by atoms with Crippen molar-refractivity contribution < 1.29 is 22.0 Å². The third kappa shape index (κ3) is 3.23. The van der Waals surface area contributed by atoms with Crippen LogP contribution in [0.5, 0.6) is 0 Å². The minimum Gasteiger partial charge on any atom is -0.312 e. The van der Waals surface area contributed by atoms with Gasteiger partial charge in [-0.15, -0.1) is 0 Å². The number of sulfonamides is 1. The summed E-state index contributed by atoms with van der Waals surface area (Å²) >= 11 is 0. The lowest BCUT2D eigenvalue weighted by Gasteiger charge is -2.16. The maximum atomic E-state index is 13.6. The fraction of sp³-hybridized carbons (Fsp3) is 0.188. The maximum Gasteiger partial charge on any atom is 0.264 e. The van der Waals surface area contributed by atoms with Gasteiger partial charge in [0.05, 0.1) is 0 Å². The molecule has 0 radical (unpaired) electrons. The second kappa shape index (κ2) is 6.20. The van der Waals surface area contributed by atoms with Gasteiger partial charge in [-0.1, -0.05) is 0 Å². The van der Waals surface area contributed by atoms with E-state index in [0.717, 1.165) is 18.6 Å². The molecule has 0 aliphatic carbocycles. The normalized spacial score (nSPS) is 14.9. The molecular weight excluding hydrogens is 338 g/mol. The number of benzene rings is 2. The lowest BCUT2D eigenvalue weighted by molar-refractivity contribution is -0.117. The monoisotopic (exact) mass is 352 g/mol. The van der Waals surface area contributed by atoms with E-state index in [4.69, 9.17) is 0 Å². The highest BCUT2D eigenvalue weighted by Gasteiger charge is 2.23. The maximum absolute atomic E-state index is 13.6. The number of anilines is 2. The summed E-state index contributed by atoms with van der Waals surface area (Å²) in [5, 5.41) is 0. The van der Waals surface area contributed by atoms with E-state index in [-0.39, 0.29) is 11.6 Å². The van der Waals surface area contributed by atoms with Crippen LogP contribution in [-0.2, 0) is 14.8 Å². The standard InChI is InChI=1S/C16H14F2N2O3S/c17-11-3-8-14(18)15(10-11)24(22,23)19-12-4-6-13(7-5-12)20-9-1-2-16(20)21/h3-8,10,19H,1-2,9H2. The van der Waals surface area contributed by atoms with E-state index < -0.39 is 26.6 Å². The van der Waals surface area contributed by atoms with Gasteiger partial charge in [-0.25, -0.2) is 17.2 Å². The zero-order valence-electron chi connectivity index (χ0n) is 12.5. The second-order valence-electron chi connectivity index (χ2n) is 5.38. The number of hydrogen-bond donors (Lipinski definition) is 1. The highest BCUT2D eigenvalue weighted by Crippen LogP contribution is 2.25. The number of amides is 1. The highest BCUT2D eigenvalue weighted by molar-refractivity contribution is 7.92. The first kappa shape index (κ1) is 16.4. The molecule has 0 atom stereocenters. The third-order valence-corrected chi connectivity index (χ3v) is 5.08. The van der Waals surface area contributed by atoms with Gasteiger partial charge in [0.2, 0.25) is 5.91 Å². The summed E-state index contributed by atoms with van der Waals surface area (Å²) in [6, 6.07) is 8.36. The van der Waals surface area contributed by atoms with Crippen LogP contribution in [0.25, 0.3) is 0 Å². The Kier molecular flexibility index (Phi) is 4.23. The fourth-order valence-corrected chi connectivity index (χ4v) is 3.67. The Morgan fingerprint density at radius 1 is 1.04 bits per heavy atom. The van der Waals surface area contributed by atoms with Gasteiger partial charge < -0.3 is 4.90 Å². The largest absolute Gasteiger partial charge is 0.312 e. The highest BCUT2D eigenvalue weighted by atomic mass is 32.2. The van der Waals surface area contributed by atoms with Crippen molar-refractivity contribution in [2.45, 2.75) is 17.7 Å². The molecule has 2 aromatic carbocycles. The molecule has 5 nitrogen and oxygen atoms in total. The Morgan fingerprint density at radius 3 is 2.38 bits per heavy atom. The van der Waals surface area contributed by atoms with E-state index in [2.05, 4.69) is 4.72 Å². The topological polar surface area (TPSA) is 66.5 Å². The molecule has 1 N–H and O–H groups in total. The first-order valence-electron chi connectivity index (χ1n) is 7.25. The number of carbonyl (C=O) groups is 1. The summed E-state index contributed by atoms with van der Waals surface area (Å²) in [5.41, 5.74) is 0.853. The molecule has 1 aliphatic heterocycles. The van der Waals surface area contributed by atoms with E-state index >= 15 is 0 Å². The van der Waals surface area contributed by atoms with E-state index in [1.807, 2.05) is 0 Å². The Balaban J connectivity index is 1.83. The smallest absolute Gasteiger partial charge is 0.264 e. The number of nitrogens with one attached hydrogen (secondary N) is 1. The molecular formula is C16H14F2N2O3S. The average molecular weight is 352 g/mol. The van der Waals surface area contributed by atoms with Crippen molar-refractivity contribution in [2.75, 3.05) is 16.2 Å². The van der Waals surface area contributed by atoms with Gasteiger partial charge in [0.1, 0.15) is 16.5 Å². The number of hydrogen-bond acceptors (Lipinski definition) is 3. The van der Waals surface area contributed by atoms with Crippen LogP contribution in [0.4, 0.5) is 20.2 Å². The SMILES string of the molecule is O=C1CCCN1c1ccc(NS(=O)(=O)c2cc(F)ccc2F)cc1. The summed E-state index contributed by atoms with van der Waals surface area (Å²) in [6.07, 6.45) is 1.28. The van der Waals surface area contributed by atoms with Crippen LogP contribution in [0.15, 0.2) is 47.4 Å². The van der Waals surface area contributed by atoms with Crippen LogP contribution >= 0.6 is 0 Å². The molecule has 3 rings (SSSR count). The van der Waals surface area contributed by atoms with E-state index in [9.17, 15) is 22.0 Å². The first-order chi connectivity index (χ1) is 11.4. The van der Waals surface area contributed by atoms with Crippen LogP contribution in [0, 0.1) is 11.6 Å². The van der Waals surface area contributed by atoms with Crippen LogP contribution < -0.4 is 9.62 Å². The van der Waals surface area contributed by atoms with Gasteiger partial charge in [0, 0.05) is 24.3 Å². The molecule has 1 saturated heterocycles. The van der Waals surface area contributed by atoms with Gasteiger partial charge in [-0.2, -0.15) is 0 Å². The Bertz CT molecular complexity index is 883. The summed E-state index contributed by atoms with van der Waals surface area (Å²) in [6.45, 7) is 0.623. The summed E-state index contributed by atoms with van der Waals surface area (Å²) in [7, 11) is -4.25. The lowest BCUT2D eigenvalue weighted by Crippen LogP contribution is -2.23. The lowest BCUT2D eigenvalue weighted by atomic mass is 10.2. The van der Waals surface area contributed by atoms with Gasteiger partial charge in [0.25, 0.3) is 10.0 Å². The first-order valence-corrected chi connectivity index (χ1v) is 8.73. The average Bonchev–Trinajstić information content (AvgIpc) is 2.96. The van der Waals surface area contributed by atoms with Gasteiger partial charge in [0.15, 0.2) is 0 Å². The zero-order chi connectivity index (χ0) is 17.3. The molecule has 0 saturated carbocycles. The second-order valence-corrected chi connectivity index (χ2v) is 7.03. The van der Waals surface area contributed by atoms with Crippen molar-refractivity contribution in [2.24, 2.45) is 0 Å². The molecule has 24 heavy (non-hydrogen) atoms. The Morgan fingerprint density at radius 2 is 1.75 bits per heavy atom. The molecule has 0 unspecified atom stereocenters. The van der Waals surface area contributed by atoms with E-state index in [0.29, 0.717) is 24.7 Å². The minimum atomic E-state index is -4.25. The molecule has 0 spiro atoms. The minimum absolute atomic E-state index is 0.0187. The summed E-state index contributed by atoms with van der Waals surface area (Å²) in [4.78, 5) is 12.5. The molecule has 1 aliphatic rings. The number of halogens is 2. The van der Waals surface area contributed by atoms with Crippen molar-refractivity contribution in [3.05, 3.63) is 54.1 Å². The Labute approximate surface area is 138 Å². The van der Waals surface area contributed by atoms with Gasteiger partial charge in [-0.3, -0.25) is 9.52 Å². The number of carbonyl (C=O) groups excluding carboxylic acids is 1. The molecule has 0 aromatic heterocycles. The number of rotatable bonds is 4. The molecule has 8 heteroatoms. The predicted molar refractivity (Wildman–Crippen MR) is 85.2 cm³/mol. The summed E-state index contributed by atoms with van der Waals surface area (Å²) in [5.74, 6) is -1.87. The molecule has 1 heterocycles. The van der Waals surface area contributed by atoms with Gasteiger partial charge in [-0.05, 0) is 48.9 Å². The van der Waals surface area contributed by atoms with Crippen LogP contribution in [0.2, 0.25) is 0 Å². The van der Waals surface area contributed by atoms with Crippen molar-refractivity contribution in [3.8, 4) is 0 Å². The van der Waals surface area contributed by atoms with Crippen LogP contribution in [-0.4, -0.2) is 20.9 Å². The van der Waals surface area contributed by atoms with E-state index in [1.54, 1.807) is 17.0 Å². The van der Waals surface area contributed by atoms with Crippen LogP contribution in [0.3, 0.4) is 0 Å². The van der Waals surface area contributed by atoms with Crippen molar-refractivity contribution >= 4 is 27.3 Å². The molecule has 1 amide bonds. The predicted octanol–water partition coefficient (Wildman–Crippen LogP) is 2.89. The van der Waals surface area contributed by atoms with Crippen molar-refractivity contribution in [3.63, 3.8) is 0 Å².